The summed E-state index contributed by atoms with van der Waals surface area (Å²) in [6.45, 7) is 7.94. The monoisotopic (exact) mass is 436 g/mol. The number of carbonyl (C=O) groups is 2. The van der Waals surface area contributed by atoms with E-state index in [2.05, 4.69) is 36.7 Å². The number of pyridine rings is 1. The first-order valence-electron chi connectivity index (χ1n) is 8.86. The fourth-order valence-electron chi connectivity index (χ4n) is 2.44. The second-order valence-corrected chi connectivity index (χ2v) is 8.33. The van der Waals surface area contributed by atoms with Crippen LogP contribution in [0.3, 0.4) is 0 Å². The lowest BCUT2D eigenvalue weighted by molar-refractivity contribution is -0.126. The molecule has 2 N–H and O–H groups in total. The summed E-state index contributed by atoms with van der Waals surface area (Å²) in [6, 6.07) is 2.89. The third kappa shape index (κ3) is 6.46. The minimum absolute atomic E-state index is 0.151. The lowest BCUT2D eigenvalue weighted by atomic mass is 9.93. The maximum Gasteiger partial charge on any atom is 0.248 e. The molecule has 2 aromatic heterocycles. The molecule has 1 atom stereocenters. The van der Waals surface area contributed by atoms with Gasteiger partial charge in [0.1, 0.15) is 11.8 Å². The molecule has 0 fully saturated rings. The third-order valence-electron chi connectivity index (χ3n) is 3.86. The molecule has 0 aliphatic heterocycles. The van der Waals surface area contributed by atoms with Gasteiger partial charge >= 0.3 is 0 Å². The van der Waals surface area contributed by atoms with E-state index in [1.165, 1.54) is 0 Å². The zero-order valence-electron chi connectivity index (χ0n) is 16.0. The van der Waals surface area contributed by atoms with Crippen molar-refractivity contribution in [1.82, 2.24) is 15.5 Å². The molecule has 2 amide bonds. The summed E-state index contributed by atoms with van der Waals surface area (Å²) in [5.74, 6) is 0.470. The van der Waals surface area contributed by atoms with Crippen LogP contribution < -0.4 is 10.6 Å². The van der Waals surface area contributed by atoms with Crippen LogP contribution in [0.2, 0.25) is 0 Å². The van der Waals surface area contributed by atoms with Gasteiger partial charge in [0, 0.05) is 28.3 Å². The maximum atomic E-state index is 12.6. The molecule has 0 saturated carbocycles. The zero-order chi connectivity index (χ0) is 20.0. The number of halogens is 1. The summed E-state index contributed by atoms with van der Waals surface area (Å²) in [5.41, 5.74) is 0.564. The molecule has 0 bridgehead atoms. The van der Waals surface area contributed by atoms with Crippen molar-refractivity contribution in [3.05, 3.63) is 40.3 Å². The number of nitrogens with one attached hydrogen (secondary N) is 2. The molecule has 1 unspecified atom stereocenters. The summed E-state index contributed by atoms with van der Waals surface area (Å²) in [7, 11) is 0. The lowest BCUT2D eigenvalue weighted by Gasteiger charge is -2.17. The first-order chi connectivity index (χ1) is 12.7. The lowest BCUT2D eigenvalue weighted by Crippen LogP contribution is -2.44. The molecule has 0 radical (unpaired) electrons. The fourth-order valence-corrected chi connectivity index (χ4v) is 2.85. The van der Waals surface area contributed by atoms with Gasteiger partial charge in [0.15, 0.2) is 5.82 Å². The number of rotatable bonds is 7. The second-order valence-electron chi connectivity index (χ2n) is 7.41. The van der Waals surface area contributed by atoms with E-state index < -0.39 is 6.04 Å². The minimum atomic E-state index is -0.641. The first kappa shape index (κ1) is 21.1. The molecule has 2 rings (SSSR count). The van der Waals surface area contributed by atoms with Crippen molar-refractivity contribution < 1.29 is 14.1 Å². The van der Waals surface area contributed by atoms with Crippen molar-refractivity contribution in [2.75, 3.05) is 5.32 Å². The van der Waals surface area contributed by atoms with Crippen LogP contribution in [0.25, 0.3) is 0 Å². The average molecular weight is 437 g/mol. The predicted octanol–water partition coefficient (Wildman–Crippen LogP) is 3.60. The number of hydrogen-bond donors (Lipinski definition) is 2. The fraction of sp³-hybridized carbons (Fsp3) is 0.474. The minimum Gasteiger partial charge on any atom is -0.359 e. The standard InChI is InChI=1S/C19H25BrN4O3/c1-5-6-14(22-17(25)8-12-7-13(20)11-21-10-12)18(26)23-16-9-15(27-24-16)19(2,3)4/h7,9-11,14H,5-6,8H2,1-4H3,(H,22,25)(H,23,24,26). The molecule has 0 aliphatic carbocycles. The average Bonchev–Trinajstić information content (AvgIpc) is 3.03. The smallest absolute Gasteiger partial charge is 0.248 e. The molecule has 7 nitrogen and oxygen atoms in total. The van der Waals surface area contributed by atoms with Crippen LogP contribution in [0.5, 0.6) is 0 Å². The van der Waals surface area contributed by atoms with Crippen LogP contribution >= 0.6 is 15.9 Å². The van der Waals surface area contributed by atoms with Crippen molar-refractivity contribution in [2.24, 2.45) is 0 Å². The maximum absolute atomic E-state index is 12.6. The highest BCUT2D eigenvalue weighted by atomic mass is 79.9. The van der Waals surface area contributed by atoms with Gasteiger partial charge in [0.25, 0.3) is 0 Å². The normalized spacial score (nSPS) is 12.5. The van der Waals surface area contributed by atoms with Crippen LogP contribution in [0.4, 0.5) is 5.82 Å². The second kappa shape index (κ2) is 9.12. The van der Waals surface area contributed by atoms with E-state index in [0.29, 0.717) is 18.0 Å². The highest BCUT2D eigenvalue weighted by Gasteiger charge is 2.24. The summed E-state index contributed by atoms with van der Waals surface area (Å²) < 4.78 is 6.08. The van der Waals surface area contributed by atoms with E-state index in [4.69, 9.17) is 4.52 Å². The Kier molecular flexibility index (Phi) is 7.12. The van der Waals surface area contributed by atoms with E-state index in [0.717, 1.165) is 16.5 Å². The van der Waals surface area contributed by atoms with E-state index in [9.17, 15) is 9.59 Å². The molecule has 27 heavy (non-hydrogen) atoms. The molecule has 2 aromatic rings. The van der Waals surface area contributed by atoms with E-state index in [1.807, 2.05) is 33.8 Å². The van der Waals surface area contributed by atoms with E-state index in [-0.39, 0.29) is 23.7 Å². The van der Waals surface area contributed by atoms with Crippen LogP contribution in [-0.2, 0) is 21.4 Å². The molecule has 0 aromatic carbocycles. The van der Waals surface area contributed by atoms with Crippen LogP contribution in [0.1, 0.15) is 51.9 Å². The van der Waals surface area contributed by atoms with Gasteiger partial charge in [-0.15, -0.1) is 0 Å². The summed E-state index contributed by atoms with van der Waals surface area (Å²) >= 11 is 3.33. The van der Waals surface area contributed by atoms with Gasteiger partial charge in [0.05, 0.1) is 6.42 Å². The molecule has 146 valence electrons. The van der Waals surface area contributed by atoms with Gasteiger partial charge < -0.3 is 15.2 Å². The van der Waals surface area contributed by atoms with E-state index in [1.54, 1.807) is 18.5 Å². The van der Waals surface area contributed by atoms with Gasteiger partial charge in [-0.05, 0) is 34.0 Å². The van der Waals surface area contributed by atoms with Crippen molar-refractivity contribution in [2.45, 2.75) is 58.4 Å². The van der Waals surface area contributed by atoms with Gasteiger partial charge in [0.2, 0.25) is 11.8 Å². The van der Waals surface area contributed by atoms with Crippen LogP contribution in [-0.4, -0.2) is 28.0 Å². The topological polar surface area (TPSA) is 97.1 Å². The Morgan fingerprint density at radius 1 is 1.26 bits per heavy atom. The molecule has 0 spiro atoms. The third-order valence-corrected chi connectivity index (χ3v) is 4.29. The molecule has 2 heterocycles. The largest absolute Gasteiger partial charge is 0.359 e. The van der Waals surface area contributed by atoms with Gasteiger partial charge in [-0.25, -0.2) is 0 Å². The van der Waals surface area contributed by atoms with Gasteiger partial charge in [-0.3, -0.25) is 14.6 Å². The number of amides is 2. The van der Waals surface area contributed by atoms with Gasteiger partial charge in [-0.2, -0.15) is 0 Å². The Morgan fingerprint density at radius 2 is 2.00 bits per heavy atom. The number of aromatic nitrogens is 2. The first-order valence-corrected chi connectivity index (χ1v) is 9.65. The number of hydrogen-bond acceptors (Lipinski definition) is 5. The molecular weight excluding hydrogens is 412 g/mol. The summed E-state index contributed by atoms with van der Waals surface area (Å²) in [5, 5.41) is 9.40. The Morgan fingerprint density at radius 3 is 2.59 bits per heavy atom. The van der Waals surface area contributed by atoms with Crippen LogP contribution in [0.15, 0.2) is 33.5 Å². The SMILES string of the molecule is CCCC(NC(=O)Cc1cncc(Br)c1)C(=O)Nc1cc(C(C)(C)C)on1. The number of nitrogens with zero attached hydrogens (tertiary/aromatic N) is 2. The van der Waals surface area contributed by atoms with Gasteiger partial charge in [-0.1, -0.05) is 39.3 Å². The molecule has 0 saturated heterocycles. The summed E-state index contributed by atoms with van der Waals surface area (Å²) in [4.78, 5) is 29.0. The van der Waals surface area contributed by atoms with Crippen molar-refractivity contribution in [1.29, 1.82) is 0 Å². The van der Waals surface area contributed by atoms with E-state index >= 15 is 0 Å². The number of anilines is 1. The Hall–Kier alpha value is -2.22. The Bertz CT molecular complexity index is 798. The van der Waals surface area contributed by atoms with Crippen molar-refractivity contribution >= 4 is 33.6 Å². The highest BCUT2D eigenvalue weighted by Crippen LogP contribution is 2.24. The Labute approximate surface area is 167 Å². The molecular formula is C19H25BrN4O3. The highest BCUT2D eigenvalue weighted by molar-refractivity contribution is 9.10. The quantitative estimate of drug-likeness (QED) is 0.690. The summed E-state index contributed by atoms with van der Waals surface area (Å²) in [6.07, 6.45) is 4.71. The van der Waals surface area contributed by atoms with Crippen molar-refractivity contribution in [3.63, 3.8) is 0 Å². The molecule has 8 heteroatoms. The van der Waals surface area contributed by atoms with Crippen LogP contribution in [0, 0.1) is 0 Å². The number of carbonyl (C=O) groups excluding carboxylic acids is 2. The Balaban J connectivity index is 1.99. The zero-order valence-corrected chi connectivity index (χ0v) is 17.6. The van der Waals surface area contributed by atoms with Crippen molar-refractivity contribution in [3.8, 4) is 0 Å². The predicted molar refractivity (Wildman–Crippen MR) is 106 cm³/mol. The molecule has 0 aliphatic rings.